The van der Waals surface area contributed by atoms with Crippen LogP contribution < -0.4 is 14.8 Å². The van der Waals surface area contributed by atoms with Gasteiger partial charge in [0.2, 0.25) is 0 Å². The smallest absolute Gasteiger partial charge is 0.352 e. The second-order valence-electron chi connectivity index (χ2n) is 7.06. The lowest BCUT2D eigenvalue weighted by molar-refractivity contribution is 0.434. The topological polar surface area (TPSA) is 29.5 Å². The molecule has 0 aliphatic rings. The molecule has 0 heterocycles. The van der Waals surface area contributed by atoms with Crippen molar-refractivity contribution in [3.8, 4) is 11.5 Å². The lowest BCUT2D eigenvalue weighted by atomic mass is 9.85. The monoisotopic (exact) mass is 347 g/mol. The van der Waals surface area contributed by atoms with E-state index < -0.39 is 9.04 Å². The van der Waals surface area contributed by atoms with E-state index in [1.807, 2.05) is 48.5 Å². The molecule has 3 heteroatoms. The number of phenolic OH excluding ortho intramolecular Hbond substituents is 1. The average Bonchev–Trinajstić information content (AvgIpc) is 2.60. The second kappa shape index (κ2) is 7.15. The minimum atomic E-state index is -1.46. The molecule has 0 aliphatic carbocycles. The van der Waals surface area contributed by atoms with E-state index in [0.717, 1.165) is 11.3 Å². The molecule has 0 aliphatic heterocycles. The molecule has 0 bridgehead atoms. The molecule has 0 aromatic heterocycles. The number of hydrogen-bond acceptors (Lipinski definition) is 2. The predicted octanol–water partition coefficient (Wildman–Crippen LogP) is 3.87. The van der Waals surface area contributed by atoms with Gasteiger partial charge in [-0.05, 0) is 27.9 Å². The van der Waals surface area contributed by atoms with E-state index in [1.165, 1.54) is 10.4 Å². The summed E-state index contributed by atoms with van der Waals surface area (Å²) in [5.74, 6) is 1.04. The third kappa shape index (κ3) is 3.94. The Bertz CT molecular complexity index is 784. The van der Waals surface area contributed by atoms with Crippen molar-refractivity contribution in [2.24, 2.45) is 0 Å². The van der Waals surface area contributed by atoms with Crippen LogP contribution in [0.25, 0.3) is 0 Å². The zero-order chi connectivity index (χ0) is 17.9. The number of phenols is 1. The van der Waals surface area contributed by atoms with E-state index in [2.05, 4.69) is 45.0 Å². The van der Waals surface area contributed by atoms with Crippen LogP contribution in [0.5, 0.6) is 11.5 Å². The van der Waals surface area contributed by atoms with Gasteiger partial charge in [0, 0.05) is 5.56 Å². The molecule has 0 spiro atoms. The van der Waals surface area contributed by atoms with Gasteiger partial charge in [0.05, 0.1) is 0 Å². The fourth-order valence-corrected chi connectivity index (χ4v) is 4.88. The van der Waals surface area contributed by atoms with Crippen molar-refractivity contribution < 1.29 is 9.53 Å². The number of benzene rings is 3. The molecule has 0 fully saturated rings. The van der Waals surface area contributed by atoms with Crippen molar-refractivity contribution in [1.29, 1.82) is 0 Å². The largest absolute Gasteiger partial charge is 0.532 e. The highest BCUT2D eigenvalue weighted by molar-refractivity contribution is 6.80. The SMILES string of the molecule is CC(C)(C)c1c(O)cccc1O[Si](c1ccccc1)c1ccccc1. The highest BCUT2D eigenvalue weighted by Crippen LogP contribution is 2.38. The van der Waals surface area contributed by atoms with Crippen molar-refractivity contribution in [1.82, 2.24) is 0 Å². The highest BCUT2D eigenvalue weighted by atomic mass is 28.3. The van der Waals surface area contributed by atoms with Gasteiger partial charge in [-0.1, -0.05) is 87.5 Å². The summed E-state index contributed by atoms with van der Waals surface area (Å²) < 4.78 is 6.57. The summed E-state index contributed by atoms with van der Waals surface area (Å²) in [5, 5.41) is 12.8. The normalized spacial score (nSPS) is 11.5. The molecule has 0 amide bonds. The molecule has 0 unspecified atom stereocenters. The van der Waals surface area contributed by atoms with Gasteiger partial charge in [-0.25, -0.2) is 0 Å². The fraction of sp³-hybridized carbons (Fsp3) is 0.182. The Balaban J connectivity index is 2.08. The van der Waals surface area contributed by atoms with E-state index in [9.17, 15) is 5.11 Å². The summed E-state index contributed by atoms with van der Waals surface area (Å²) >= 11 is 0. The van der Waals surface area contributed by atoms with Crippen LogP contribution in [0.1, 0.15) is 26.3 Å². The molecule has 0 saturated heterocycles. The van der Waals surface area contributed by atoms with Crippen LogP contribution >= 0.6 is 0 Å². The summed E-state index contributed by atoms with van der Waals surface area (Å²) in [6.45, 7) is 6.27. The van der Waals surface area contributed by atoms with Crippen LogP contribution in [-0.4, -0.2) is 14.1 Å². The maximum atomic E-state index is 10.4. The van der Waals surface area contributed by atoms with Gasteiger partial charge in [0.1, 0.15) is 11.5 Å². The Morgan fingerprint density at radius 3 is 1.72 bits per heavy atom. The Morgan fingerprint density at radius 1 is 0.720 bits per heavy atom. The molecule has 1 N–H and O–H groups in total. The Labute approximate surface area is 151 Å². The molecule has 127 valence electrons. The van der Waals surface area contributed by atoms with Crippen LogP contribution in [0.2, 0.25) is 0 Å². The molecular weight excluding hydrogens is 324 g/mol. The van der Waals surface area contributed by atoms with E-state index >= 15 is 0 Å². The summed E-state index contributed by atoms with van der Waals surface area (Å²) in [4.78, 5) is 0. The third-order valence-corrected chi connectivity index (χ3v) is 6.18. The Morgan fingerprint density at radius 2 is 1.24 bits per heavy atom. The molecule has 3 aromatic rings. The molecular formula is C22H23O2Si. The van der Waals surface area contributed by atoms with Gasteiger partial charge in [-0.15, -0.1) is 0 Å². The van der Waals surface area contributed by atoms with Crippen molar-refractivity contribution >= 4 is 19.4 Å². The first-order chi connectivity index (χ1) is 12.0. The van der Waals surface area contributed by atoms with Crippen molar-refractivity contribution in [3.63, 3.8) is 0 Å². The minimum Gasteiger partial charge on any atom is -0.532 e. The fourth-order valence-electron chi connectivity index (χ4n) is 2.93. The first-order valence-corrected chi connectivity index (χ1v) is 9.86. The van der Waals surface area contributed by atoms with Crippen molar-refractivity contribution in [2.45, 2.75) is 26.2 Å². The van der Waals surface area contributed by atoms with Crippen molar-refractivity contribution in [2.75, 3.05) is 0 Å². The summed E-state index contributed by atoms with van der Waals surface area (Å²) in [7, 11) is -1.46. The lowest BCUT2D eigenvalue weighted by Gasteiger charge is -2.26. The van der Waals surface area contributed by atoms with Crippen LogP contribution in [0.15, 0.2) is 78.9 Å². The Hall–Kier alpha value is -2.52. The van der Waals surface area contributed by atoms with Gasteiger partial charge >= 0.3 is 9.04 Å². The second-order valence-corrected chi connectivity index (χ2v) is 9.08. The molecule has 2 nitrogen and oxygen atoms in total. The Kier molecular flexibility index (Phi) is 4.95. The average molecular weight is 348 g/mol. The maximum absolute atomic E-state index is 10.4. The number of hydrogen-bond donors (Lipinski definition) is 1. The van der Waals surface area contributed by atoms with E-state index in [0.29, 0.717) is 0 Å². The van der Waals surface area contributed by atoms with E-state index in [1.54, 1.807) is 6.07 Å². The van der Waals surface area contributed by atoms with Crippen molar-refractivity contribution in [3.05, 3.63) is 84.4 Å². The molecule has 3 aromatic carbocycles. The van der Waals surface area contributed by atoms with Crippen LogP contribution in [0.4, 0.5) is 0 Å². The van der Waals surface area contributed by atoms with E-state index in [4.69, 9.17) is 4.43 Å². The standard InChI is InChI=1S/C22H23O2Si/c1-22(2,3)21-19(23)15-10-16-20(21)24-25(17-11-6-4-7-12-17)18-13-8-5-9-14-18/h4-16,23H,1-3H3. The number of rotatable bonds is 4. The quantitative estimate of drug-likeness (QED) is 0.726. The molecule has 25 heavy (non-hydrogen) atoms. The lowest BCUT2D eigenvalue weighted by Crippen LogP contribution is -2.47. The van der Waals surface area contributed by atoms with Gasteiger partial charge in [0.15, 0.2) is 0 Å². The molecule has 3 rings (SSSR count). The zero-order valence-electron chi connectivity index (χ0n) is 14.9. The third-order valence-electron chi connectivity index (χ3n) is 4.04. The van der Waals surface area contributed by atoms with Crippen LogP contribution in [0.3, 0.4) is 0 Å². The molecule has 1 radical (unpaired) electrons. The first kappa shape index (κ1) is 17.3. The van der Waals surface area contributed by atoms with Gasteiger partial charge in [0.25, 0.3) is 0 Å². The first-order valence-electron chi connectivity index (χ1n) is 8.45. The zero-order valence-corrected chi connectivity index (χ0v) is 15.9. The van der Waals surface area contributed by atoms with Gasteiger partial charge < -0.3 is 9.53 Å². The van der Waals surface area contributed by atoms with Crippen LogP contribution in [-0.2, 0) is 5.41 Å². The highest BCUT2D eigenvalue weighted by Gasteiger charge is 2.27. The van der Waals surface area contributed by atoms with Crippen LogP contribution in [0, 0.1) is 0 Å². The maximum Gasteiger partial charge on any atom is 0.352 e. The number of aromatic hydroxyl groups is 1. The summed E-state index contributed by atoms with van der Waals surface area (Å²) in [6.07, 6.45) is 0. The molecule has 0 atom stereocenters. The predicted molar refractivity (Wildman–Crippen MR) is 105 cm³/mol. The summed E-state index contributed by atoms with van der Waals surface area (Å²) in [5.41, 5.74) is 0.644. The molecule has 0 saturated carbocycles. The minimum absolute atomic E-state index is 0.207. The van der Waals surface area contributed by atoms with Gasteiger partial charge in [-0.2, -0.15) is 0 Å². The summed E-state index contributed by atoms with van der Waals surface area (Å²) in [6, 6.07) is 26.2. The van der Waals surface area contributed by atoms with Gasteiger partial charge in [-0.3, -0.25) is 0 Å². The van der Waals surface area contributed by atoms with E-state index in [-0.39, 0.29) is 11.2 Å².